The van der Waals surface area contributed by atoms with Gasteiger partial charge in [-0.2, -0.15) is 19.7 Å². The molecule has 1 aromatic carbocycles. The number of hydrogen-bond acceptors (Lipinski definition) is 7. The Kier molecular flexibility index (Phi) is 4.10. The van der Waals surface area contributed by atoms with Crippen molar-refractivity contribution in [1.82, 2.24) is 24.7 Å². The minimum Gasteiger partial charge on any atom is -0.493 e. The molecule has 1 fully saturated rings. The molecule has 1 aliphatic rings. The maximum atomic E-state index is 10.5. The summed E-state index contributed by atoms with van der Waals surface area (Å²) in [7, 11) is 0. The molecule has 0 bridgehead atoms. The zero-order valence-electron chi connectivity index (χ0n) is 15.1. The van der Waals surface area contributed by atoms with Crippen molar-refractivity contribution in [2.75, 3.05) is 31.2 Å². The molecule has 28 heavy (non-hydrogen) atoms. The molecular formula is C20H18N6O2. The summed E-state index contributed by atoms with van der Waals surface area (Å²) in [5.74, 6) is 1.03. The number of rotatable bonds is 3. The molecule has 0 radical (unpaired) electrons. The number of hydrogen-bond donors (Lipinski definition) is 1. The number of ether oxygens (including phenoxy) is 1. The summed E-state index contributed by atoms with van der Waals surface area (Å²) in [5, 5.41) is 15.9. The van der Waals surface area contributed by atoms with Gasteiger partial charge < -0.3 is 14.7 Å². The second-order valence-electron chi connectivity index (χ2n) is 6.49. The van der Waals surface area contributed by atoms with E-state index in [-0.39, 0.29) is 11.8 Å². The van der Waals surface area contributed by atoms with Crippen LogP contribution in [0.25, 0.3) is 28.2 Å². The van der Waals surface area contributed by atoms with E-state index in [2.05, 4.69) is 20.0 Å². The van der Waals surface area contributed by atoms with Crippen LogP contribution in [0.5, 0.6) is 5.88 Å². The highest BCUT2D eigenvalue weighted by Gasteiger charge is 2.20. The van der Waals surface area contributed by atoms with Crippen LogP contribution in [-0.4, -0.2) is 56.1 Å². The normalized spacial score (nSPS) is 14.5. The maximum Gasteiger partial charge on any atom is 0.257 e. The Morgan fingerprint density at radius 2 is 1.79 bits per heavy atom. The summed E-state index contributed by atoms with van der Waals surface area (Å²) >= 11 is 0. The van der Waals surface area contributed by atoms with Crippen molar-refractivity contribution < 1.29 is 9.84 Å². The van der Waals surface area contributed by atoms with Crippen molar-refractivity contribution in [3.63, 3.8) is 0 Å². The van der Waals surface area contributed by atoms with Gasteiger partial charge in [-0.05, 0) is 12.1 Å². The molecule has 8 heteroatoms. The Bertz CT molecular complexity index is 1120. The van der Waals surface area contributed by atoms with Gasteiger partial charge in [0, 0.05) is 30.9 Å². The highest BCUT2D eigenvalue weighted by atomic mass is 16.5. The smallest absolute Gasteiger partial charge is 0.257 e. The first-order valence-electron chi connectivity index (χ1n) is 9.10. The number of aromatic nitrogens is 5. The molecular weight excluding hydrogens is 356 g/mol. The Labute approximate surface area is 161 Å². The van der Waals surface area contributed by atoms with Crippen LogP contribution in [-0.2, 0) is 4.74 Å². The van der Waals surface area contributed by atoms with Gasteiger partial charge in [-0.1, -0.05) is 30.3 Å². The van der Waals surface area contributed by atoms with Crippen molar-refractivity contribution in [1.29, 1.82) is 0 Å². The zero-order valence-corrected chi connectivity index (χ0v) is 15.1. The van der Waals surface area contributed by atoms with Crippen LogP contribution >= 0.6 is 0 Å². The molecule has 8 nitrogen and oxygen atoms in total. The molecule has 1 N–H and O–H groups in total. The Hall–Kier alpha value is -3.52. The van der Waals surface area contributed by atoms with Crippen LogP contribution in [0.2, 0.25) is 0 Å². The van der Waals surface area contributed by atoms with Gasteiger partial charge in [0.2, 0.25) is 5.88 Å². The summed E-state index contributed by atoms with van der Waals surface area (Å²) in [5.41, 5.74) is 2.12. The third kappa shape index (κ3) is 2.93. The number of anilines is 1. The van der Waals surface area contributed by atoms with E-state index in [0.717, 1.165) is 29.9 Å². The van der Waals surface area contributed by atoms with Gasteiger partial charge in [-0.25, -0.2) is 4.98 Å². The van der Waals surface area contributed by atoms with Gasteiger partial charge in [0.1, 0.15) is 5.82 Å². The van der Waals surface area contributed by atoms with E-state index < -0.39 is 0 Å². The summed E-state index contributed by atoms with van der Waals surface area (Å²) in [6.07, 6.45) is 1.69. The molecule has 0 aliphatic carbocycles. The number of pyridine rings is 1. The quantitative estimate of drug-likeness (QED) is 0.589. The standard InChI is InChI=1S/C20H18N6O2/c27-17-13-16(14-5-2-1-3-6-14)24-26(17)20-22-18-15(7-4-8-21-18)19(23-20)25-9-11-28-12-10-25/h1-8,13,27H,9-12H2. The zero-order chi connectivity index (χ0) is 18.9. The topological polar surface area (TPSA) is 89.2 Å². The molecule has 4 aromatic rings. The fourth-order valence-corrected chi connectivity index (χ4v) is 3.31. The Morgan fingerprint density at radius 3 is 2.61 bits per heavy atom. The predicted molar refractivity (Wildman–Crippen MR) is 105 cm³/mol. The largest absolute Gasteiger partial charge is 0.493 e. The van der Waals surface area contributed by atoms with E-state index in [1.54, 1.807) is 12.3 Å². The molecule has 0 saturated carbocycles. The first kappa shape index (κ1) is 16.6. The third-order valence-electron chi connectivity index (χ3n) is 4.70. The highest BCUT2D eigenvalue weighted by Crippen LogP contribution is 2.28. The SMILES string of the molecule is Oc1cc(-c2ccccc2)nn1-c1nc(N2CCOCC2)c2cccnc2n1. The highest BCUT2D eigenvalue weighted by molar-refractivity contribution is 5.87. The van der Waals surface area contributed by atoms with Crippen molar-refractivity contribution >= 4 is 16.9 Å². The lowest BCUT2D eigenvalue weighted by molar-refractivity contribution is 0.122. The van der Waals surface area contributed by atoms with Crippen LogP contribution in [0, 0.1) is 0 Å². The van der Waals surface area contributed by atoms with Gasteiger partial charge >= 0.3 is 0 Å². The Balaban J connectivity index is 1.64. The Morgan fingerprint density at radius 1 is 0.964 bits per heavy atom. The van der Waals surface area contributed by atoms with Crippen LogP contribution in [0.15, 0.2) is 54.7 Å². The summed E-state index contributed by atoms with van der Waals surface area (Å²) in [6.45, 7) is 2.76. The van der Waals surface area contributed by atoms with Gasteiger partial charge in [-0.3, -0.25) is 0 Å². The second-order valence-corrected chi connectivity index (χ2v) is 6.49. The summed E-state index contributed by atoms with van der Waals surface area (Å²) < 4.78 is 6.81. The van der Waals surface area contributed by atoms with Crippen LogP contribution in [0.3, 0.4) is 0 Å². The van der Waals surface area contributed by atoms with E-state index in [9.17, 15) is 5.11 Å². The number of morpholine rings is 1. The third-order valence-corrected chi connectivity index (χ3v) is 4.70. The molecule has 4 heterocycles. The molecule has 0 unspecified atom stereocenters. The summed E-state index contributed by atoms with van der Waals surface area (Å²) in [6, 6.07) is 15.1. The number of fused-ring (bicyclic) bond motifs is 1. The van der Waals surface area contributed by atoms with Crippen molar-refractivity contribution in [3.8, 4) is 23.1 Å². The minimum atomic E-state index is -0.0259. The lowest BCUT2D eigenvalue weighted by Gasteiger charge is -2.28. The van der Waals surface area contributed by atoms with E-state index in [1.807, 2.05) is 42.5 Å². The van der Waals surface area contributed by atoms with E-state index in [4.69, 9.17) is 9.72 Å². The average Bonchev–Trinajstić information content (AvgIpc) is 3.16. The minimum absolute atomic E-state index is 0.0259. The van der Waals surface area contributed by atoms with Crippen LogP contribution in [0.1, 0.15) is 0 Å². The lowest BCUT2D eigenvalue weighted by Crippen LogP contribution is -2.37. The number of nitrogens with zero attached hydrogens (tertiary/aromatic N) is 6. The molecule has 1 aliphatic heterocycles. The first-order chi connectivity index (χ1) is 13.8. The fraction of sp³-hybridized carbons (Fsp3) is 0.200. The summed E-state index contributed by atoms with van der Waals surface area (Å²) in [4.78, 5) is 15.8. The van der Waals surface area contributed by atoms with Crippen molar-refractivity contribution in [2.24, 2.45) is 0 Å². The fourth-order valence-electron chi connectivity index (χ4n) is 3.31. The van der Waals surface area contributed by atoms with E-state index in [1.165, 1.54) is 4.68 Å². The van der Waals surface area contributed by atoms with E-state index >= 15 is 0 Å². The molecule has 0 amide bonds. The van der Waals surface area contributed by atoms with E-state index in [0.29, 0.717) is 24.6 Å². The molecule has 0 atom stereocenters. The van der Waals surface area contributed by atoms with Gasteiger partial charge in [0.15, 0.2) is 5.65 Å². The lowest BCUT2D eigenvalue weighted by atomic mass is 10.2. The number of benzene rings is 1. The van der Waals surface area contributed by atoms with Crippen molar-refractivity contribution in [3.05, 3.63) is 54.7 Å². The molecule has 1 saturated heterocycles. The maximum absolute atomic E-state index is 10.5. The monoisotopic (exact) mass is 374 g/mol. The van der Waals surface area contributed by atoms with Gasteiger partial charge in [0.25, 0.3) is 5.95 Å². The van der Waals surface area contributed by atoms with Gasteiger partial charge in [-0.15, -0.1) is 0 Å². The van der Waals surface area contributed by atoms with Crippen LogP contribution in [0.4, 0.5) is 5.82 Å². The second kappa shape index (κ2) is 6.90. The molecule has 3 aromatic heterocycles. The molecule has 5 rings (SSSR count). The predicted octanol–water partition coefficient (Wildman–Crippen LogP) is 2.42. The number of aromatic hydroxyl groups is 1. The first-order valence-corrected chi connectivity index (χ1v) is 9.10. The van der Waals surface area contributed by atoms with Gasteiger partial charge in [0.05, 0.1) is 24.3 Å². The van der Waals surface area contributed by atoms with Crippen LogP contribution < -0.4 is 4.90 Å². The van der Waals surface area contributed by atoms with Crippen molar-refractivity contribution in [2.45, 2.75) is 0 Å². The average molecular weight is 374 g/mol. The molecule has 140 valence electrons. The molecule has 0 spiro atoms.